The number of nitrogens with one attached hydrogen (secondary N) is 2. The molecule has 22 heavy (non-hydrogen) atoms. The number of amides is 1. The number of rotatable bonds is 4. The molecule has 0 saturated carbocycles. The zero-order valence-electron chi connectivity index (χ0n) is 12.7. The van der Waals surface area contributed by atoms with Crippen LogP contribution < -0.4 is 10.0 Å². The summed E-state index contributed by atoms with van der Waals surface area (Å²) in [4.78, 5) is 16.8. The van der Waals surface area contributed by atoms with E-state index in [1.165, 1.54) is 0 Å². The topological polar surface area (TPSA) is 88.2 Å². The van der Waals surface area contributed by atoms with Crippen molar-refractivity contribution in [3.05, 3.63) is 39.9 Å². The summed E-state index contributed by atoms with van der Waals surface area (Å²) >= 11 is 1.01. The molecule has 2 aromatic rings. The Morgan fingerprint density at radius 1 is 1.23 bits per heavy atom. The van der Waals surface area contributed by atoms with Gasteiger partial charge in [0.2, 0.25) is 10.0 Å². The molecule has 0 fully saturated rings. The highest BCUT2D eigenvalue weighted by Gasteiger charge is 2.17. The summed E-state index contributed by atoms with van der Waals surface area (Å²) < 4.78 is 24.7. The molecule has 0 radical (unpaired) electrons. The number of aryl methyl sites for hydroxylation is 3. The van der Waals surface area contributed by atoms with Gasteiger partial charge in [-0.2, -0.15) is 0 Å². The van der Waals surface area contributed by atoms with Crippen LogP contribution >= 0.6 is 11.3 Å². The van der Waals surface area contributed by atoms with Crippen LogP contribution in [0.4, 0.5) is 10.8 Å². The highest BCUT2D eigenvalue weighted by Crippen LogP contribution is 2.25. The van der Waals surface area contributed by atoms with Gasteiger partial charge in [0.25, 0.3) is 5.91 Å². The summed E-state index contributed by atoms with van der Waals surface area (Å²) in [5.74, 6) is -0.301. The van der Waals surface area contributed by atoms with Gasteiger partial charge in [-0.15, -0.1) is 0 Å². The molecule has 0 spiro atoms. The third-order valence-corrected chi connectivity index (χ3v) is 4.68. The second kappa shape index (κ2) is 6.05. The quantitative estimate of drug-likeness (QED) is 0.896. The van der Waals surface area contributed by atoms with Crippen molar-refractivity contribution in [1.29, 1.82) is 0 Å². The van der Waals surface area contributed by atoms with Gasteiger partial charge < -0.3 is 5.32 Å². The molecule has 0 atom stereocenters. The lowest BCUT2D eigenvalue weighted by Crippen LogP contribution is -2.12. The predicted octanol–water partition coefficient (Wildman–Crippen LogP) is 2.69. The minimum Gasteiger partial charge on any atom is -0.321 e. The Morgan fingerprint density at radius 3 is 2.55 bits per heavy atom. The maximum atomic E-state index is 12.4. The molecule has 0 unspecified atom stereocenters. The van der Waals surface area contributed by atoms with Crippen LogP contribution in [0.2, 0.25) is 0 Å². The highest BCUT2D eigenvalue weighted by molar-refractivity contribution is 7.92. The van der Waals surface area contributed by atoms with Crippen molar-refractivity contribution in [3.8, 4) is 0 Å². The number of anilines is 2. The third-order valence-electron chi connectivity index (χ3n) is 2.92. The van der Waals surface area contributed by atoms with Gasteiger partial charge in [-0.1, -0.05) is 23.5 Å². The number of carbonyl (C=O) groups excluding carboxylic acids is 1. The summed E-state index contributed by atoms with van der Waals surface area (Å²) in [5.41, 5.74) is 3.21. The van der Waals surface area contributed by atoms with E-state index in [1.807, 2.05) is 32.0 Å². The van der Waals surface area contributed by atoms with E-state index in [0.29, 0.717) is 10.6 Å². The fraction of sp³-hybridized carbons (Fsp3) is 0.286. The summed E-state index contributed by atoms with van der Waals surface area (Å²) in [7, 11) is -3.41. The Kier molecular flexibility index (Phi) is 4.52. The lowest BCUT2D eigenvalue weighted by molar-refractivity contribution is 0.102. The average Bonchev–Trinajstić information content (AvgIpc) is 2.72. The van der Waals surface area contributed by atoms with Crippen molar-refractivity contribution in [2.24, 2.45) is 0 Å². The molecular weight excluding hydrogens is 322 g/mol. The lowest BCUT2D eigenvalue weighted by atomic mass is 10.1. The van der Waals surface area contributed by atoms with Crippen molar-refractivity contribution >= 4 is 38.1 Å². The fourth-order valence-electron chi connectivity index (χ4n) is 1.86. The van der Waals surface area contributed by atoms with Gasteiger partial charge in [0.1, 0.15) is 4.88 Å². The standard InChI is InChI=1S/C14H17N3O3S2/c1-8-5-6-9(2)11(7-8)16-13(18)12-10(3)15-14(21-12)17-22(4,19)20/h5-7H,1-4H3,(H,15,17)(H,16,18). The van der Waals surface area contributed by atoms with Gasteiger partial charge in [0.15, 0.2) is 5.13 Å². The third kappa shape index (κ3) is 4.05. The maximum absolute atomic E-state index is 12.4. The molecule has 118 valence electrons. The molecule has 1 aromatic heterocycles. The van der Waals surface area contributed by atoms with Crippen molar-refractivity contribution < 1.29 is 13.2 Å². The van der Waals surface area contributed by atoms with Crippen LogP contribution in [0.25, 0.3) is 0 Å². The Bertz CT molecular complexity index is 826. The van der Waals surface area contributed by atoms with Crippen LogP contribution in [0, 0.1) is 20.8 Å². The number of aromatic nitrogens is 1. The lowest BCUT2D eigenvalue weighted by Gasteiger charge is -2.08. The van der Waals surface area contributed by atoms with E-state index in [0.717, 1.165) is 34.4 Å². The number of sulfonamides is 1. The number of hydrogen-bond donors (Lipinski definition) is 2. The molecule has 2 N–H and O–H groups in total. The minimum absolute atomic E-state index is 0.186. The first-order valence-corrected chi connectivity index (χ1v) is 9.20. The van der Waals surface area contributed by atoms with E-state index >= 15 is 0 Å². The van der Waals surface area contributed by atoms with Gasteiger partial charge in [-0.25, -0.2) is 13.4 Å². The van der Waals surface area contributed by atoms with Crippen LogP contribution in [-0.4, -0.2) is 25.6 Å². The zero-order chi connectivity index (χ0) is 16.5. The number of benzene rings is 1. The molecule has 0 aliphatic carbocycles. The second-order valence-corrected chi connectivity index (χ2v) is 7.83. The number of thiazole rings is 1. The molecule has 1 aromatic carbocycles. The molecule has 0 saturated heterocycles. The van der Waals surface area contributed by atoms with E-state index in [-0.39, 0.29) is 11.0 Å². The summed E-state index contributed by atoms with van der Waals surface area (Å²) in [6.45, 7) is 5.52. The zero-order valence-corrected chi connectivity index (χ0v) is 14.4. The first-order valence-electron chi connectivity index (χ1n) is 6.49. The van der Waals surface area contributed by atoms with Crippen LogP contribution in [0.3, 0.4) is 0 Å². The fourth-order valence-corrected chi connectivity index (χ4v) is 3.56. The molecule has 0 aliphatic heterocycles. The molecule has 1 heterocycles. The average molecular weight is 339 g/mol. The smallest absolute Gasteiger partial charge is 0.267 e. The minimum atomic E-state index is -3.41. The van der Waals surface area contributed by atoms with E-state index in [4.69, 9.17) is 0 Å². The number of nitrogens with zero attached hydrogens (tertiary/aromatic N) is 1. The Hall–Kier alpha value is -1.93. The maximum Gasteiger partial charge on any atom is 0.267 e. The van der Waals surface area contributed by atoms with Crippen LogP contribution in [0.15, 0.2) is 18.2 Å². The Balaban J connectivity index is 2.25. The van der Waals surface area contributed by atoms with Gasteiger partial charge in [0, 0.05) is 5.69 Å². The molecule has 8 heteroatoms. The van der Waals surface area contributed by atoms with E-state index in [2.05, 4.69) is 15.0 Å². The highest BCUT2D eigenvalue weighted by atomic mass is 32.2. The molecule has 1 amide bonds. The van der Waals surface area contributed by atoms with Crippen molar-refractivity contribution in [2.75, 3.05) is 16.3 Å². The van der Waals surface area contributed by atoms with Gasteiger partial charge in [0.05, 0.1) is 11.9 Å². The molecule has 0 aliphatic rings. The predicted molar refractivity (Wildman–Crippen MR) is 89.2 cm³/mol. The second-order valence-electron chi connectivity index (χ2n) is 5.08. The van der Waals surface area contributed by atoms with Crippen LogP contribution in [0.1, 0.15) is 26.5 Å². The number of carbonyl (C=O) groups is 1. The van der Waals surface area contributed by atoms with Crippen molar-refractivity contribution in [1.82, 2.24) is 4.98 Å². The molecule has 6 nitrogen and oxygen atoms in total. The van der Waals surface area contributed by atoms with E-state index in [9.17, 15) is 13.2 Å². The molecule has 0 bridgehead atoms. The van der Waals surface area contributed by atoms with Crippen LogP contribution in [0.5, 0.6) is 0 Å². The Labute approximate surface area is 133 Å². The summed E-state index contributed by atoms with van der Waals surface area (Å²) in [6.07, 6.45) is 1.04. The van der Waals surface area contributed by atoms with E-state index in [1.54, 1.807) is 6.92 Å². The van der Waals surface area contributed by atoms with E-state index < -0.39 is 10.0 Å². The van der Waals surface area contributed by atoms with Crippen molar-refractivity contribution in [2.45, 2.75) is 20.8 Å². The molecular formula is C14H17N3O3S2. The van der Waals surface area contributed by atoms with Gasteiger partial charge in [-0.05, 0) is 38.0 Å². The summed E-state index contributed by atoms with van der Waals surface area (Å²) in [6, 6.07) is 5.79. The van der Waals surface area contributed by atoms with Gasteiger partial charge >= 0.3 is 0 Å². The first kappa shape index (κ1) is 16.4. The largest absolute Gasteiger partial charge is 0.321 e. The normalized spacial score (nSPS) is 11.3. The Morgan fingerprint density at radius 2 is 1.91 bits per heavy atom. The monoisotopic (exact) mass is 339 g/mol. The van der Waals surface area contributed by atoms with Crippen molar-refractivity contribution in [3.63, 3.8) is 0 Å². The summed E-state index contributed by atoms with van der Waals surface area (Å²) in [5, 5.41) is 3.02. The van der Waals surface area contributed by atoms with Crippen LogP contribution in [-0.2, 0) is 10.0 Å². The molecule has 2 rings (SSSR count). The SMILES string of the molecule is Cc1ccc(C)c(NC(=O)c2sc(NS(C)(=O)=O)nc2C)c1. The van der Waals surface area contributed by atoms with Gasteiger partial charge in [-0.3, -0.25) is 9.52 Å². The first-order chi connectivity index (χ1) is 10.2. The number of hydrogen-bond acceptors (Lipinski definition) is 5.